The van der Waals surface area contributed by atoms with Crippen LogP contribution >= 0.6 is 0 Å². The van der Waals surface area contributed by atoms with Crippen LogP contribution in [0.2, 0.25) is 0 Å². The largest absolute Gasteiger partial charge is 0.545 e. The Morgan fingerprint density at radius 2 is 0.814 bits per heavy atom. The summed E-state index contributed by atoms with van der Waals surface area (Å²) in [6, 6.07) is 0. The Labute approximate surface area is 429 Å². The van der Waals surface area contributed by atoms with E-state index in [0.29, 0.717) is 17.4 Å². The van der Waals surface area contributed by atoms with Gasteiger partial charge < -0.3 is 33.3 Å². The van der Waals surface area contributed by atoms with Gasteiger partial charge in [0.2, 0.25) is 0 Å². The van der Waals surface area contributed by atoms with Crippen LogP contribution < -0.4 is 5.11 Å². The van der Waals surface area contributed by atoms with E-state index < -0.39 is 24.3 Å². The first-order valence-electron chi connectivity index (χ1n) is 27.9. The van der Waals surface area contributed by atoms with Crippen molar-refractivity contribution >= 4 is 17.9 Å². The third kappa shape index (κ3) is 52.0. The third-order valence-electron chi connectivity index (χ3n) is 11.6. The molecule has 2 atom stereocenters. The van der Waals surface area contributed by atoms with E-state index in [1.165, 1.54) is 83.5 Å². The number of ether oxygens (including phenoxy) is 4. The molecule has 0 aliphatic heterocycles. The van der Waals surface area contributed by atoms with Gasteiger partial charge >= 0.3 is 11.9 Å². The average molecular weight is 978 g/mol. The number of esters is 2. The quantitative estimate of drug-likeness (QED) is 0.0195. The maximum Gasteiger partial charge on any atom is 0.306 e. The van der Waals surface area contributed by atoms with Gasteiger partial charge in [-0.2, -0.15) is 0 Å². The minimum absolute atomic E-state index is 0.143. The molecular weight excluding hydrogens is 875 g/mol. The summed E-state index contributed by atoms with van der Waals surface area (Å²) in [4.78, 5) is 37.1. The summed E-state index contributed by atoms with van der Waals surface area (Å²) in [6.45, 7) is 4.61. The van der Waals surface area contributed by atoms with Crippen molar-refractivity contribution in [2.45, 2.75) is 225 Å². The number of likely N-dealkylation sites (N-methyl/N-ethyl adjacent to an activating group) is 1. The standard InChI is InChI=1S/C61H103NO8/c1-6-8-10-12-14-16-18-20-21-22-23-24-25-26-27-28-29-30-31-32-33-34-35-36-37-38-39-40-42-44-46-48-50-52-59(64)70-57(56-69-61(60(65)66)67-54-53-62(3,4)5)55-68-58(63)51-49-47-45-43-41-19-17-15-13-11-9-7-2/h8,10,14,16,20-21,23-24,26-27,29-30,32-33,35-36,57,61H,6-7,9,11-13,15,17-19,22,25,28,31,34,37-56H2,1-5H3/b10-8-,16-14-,21-20-,24-23-,27-26-,30-29-,33-32-,36-35-. The van der Waals surface area contributed by atoms with Crippen molar-refractivity contribution in [3.8, 4) is 0 Å². The highest BCUT2D eigenvalue weighted by molar-refractivity contribution is 5.70. The van der Waals surface area contributed by atoms with Gasteiger partial charge in [-0.25, -0.2) is 0 Å². The lowest BCUT2D eigenvalue weighted by molar-refractivity contribution is -0.870. The molecule has 0 heterocycles. The normalized spacial score (nSPS) is 13.6. The molecular formula is C61H103NO8. The van der Waals surface area contributed by atoms with E-state index in [-0.39, 0.29) is 38.6 Å². The van der Waals surface area contributed by atoms with Crippen LogP contribution in [-0.4, -0.2) is 82.3 Å². The number of rotatable bonds is 50. The Morgan fingerprint density at radius 1 is 0.443 bits per heavy atom. The minimum atomic E-state index is -1.63. The van der Waals surface area contributed by atoms with Crippen LogP contribution in [0.15, 0.2) is 97.2 Å². The summed E-state index contributed by atoms with van der Waals surface area (Å²) >= 11 is 0. The number of carbonyl (C=O) groups excluding carboxylic acids is 3. The monoisotopic (exact) mass is 978 g/mol. The molecule has 0 rings (SSSR count). The Hall–Kier alpha value is -3.79. The molecule has 0 saturated heterocycles. The fourth-order valence-electron chi connectivity index (χ4n) is 7.32. The molecule has 0 aliphatic rings. The van der Waals surface area contributed by atoms with Crippen molar-refractivity contribution in [1.29, 1.82) is 0 Å². The molecule has 9 heteroatoms. The summed E-state index contributed by atoms with van der Waals surface area (Å²) in [5, 5.41) is 11.7. The molecule has 0 spiro atoms. The van der Waals surface area contributed by atoms with Crippen molar-refractivity contribution in [3.63, 3.8) is 0 Å². The molecule has 0 aromatic rings. The number of allylic oxidation sites excluding steroid dienone is 16. The first kappa shape index (κ1) is 66.2. The Bertz CT molecular complexity index is 1470. The number of quaternary nitrogens is 1. The zero-order valence-corrected chi connectivity index (χ0v) is 45.4. The average Bonchev–Trinajstić information content (AvgIpc) is 3.33. The van der Waals surface area contributed by atoms with Crippen LogP contribution in [0.4, 0.5) is 0 Å². The number of carbonyl (C=O) groups is 3. The molecule has 0 aliphatic carbocycles. The van der Waals surface area contributed by atoms with Crippen molar-refractivity contribution < 1.29 is 42.9 Å². The molecule has 0 aromatic carbocycles. The van der Waals surface area contributed by atoms with Gasteiger partial charge in [-0.05, 0) is 77.0 Å². The Kier molecular flexibility index (Phi) is 48.8. The van der Waals surface area contributed by atoms with Crippen LogP contribution in [0, 0.1) is 0 Å². The molecule has 2 unspecified atom stereocenters. The summed E-state index contributed by atoms with van der Waals surface area (Å²) in [7, 11) is 5.91. The van der Waals surface area contributed by atoms with E-state index in [2.05, 4.69) is 111 Å². The highest BCUT2D eigenvalue weighted by Gasteiger charge is 2.22. The lowest BCUT2D eigenvalue weighted by Gasteiger charge is -2.26. The van der Waals surface area contributed by atoms with Gasteiger partial charge in [-0.3, -0.25) is 9.59 Å². The van der Waals surface area contributed by atoms with Gasteiger partial charge in [0.15, 0.2) is 12.4 Å². The number of aliphatic carboxylic acids is 1. The summed E-state index contributed by atoms with van der Waals surface area (Å²) < 4.78 is 22.6. The summed E-state index contributed by atoms with van der Waals surface area (Å²) in [5.74, 6) is -2.30. The fourth-order valence-corrected chi connectivity index (χ4v) is 7.32. The van der Waals surface area contributed by atoms with E-state index in [4.69, 9.17) is 18.9 Å². The number of hydrogen-bond acceptors (Lipinski definition) is 8. The lowest BCUT2D eigenvalue weighted by atomic mass is 10.0. The van der Waals surface area contributed by atoms with Gasteiger partial charge in [-0.1, -0.05) is 220 Å². The molecule has 0 bridgehead atoms. The molecule has 0 amide bonds. The second-order valence-electron chi connectivity index (χ2n) is 19.5. The fraction of sp³-hybridized carbons (Fsp3) is 0.689. The number of hydrogen-bond donors (Lipinski definition) is 0. The molecule has 0 saturated carbocycles. The zero-order chi connectivity index (χ0) is 51.3. The smallest absolute Gasteiger partial charge is 0.306 e. The maximum atomic E-state index is 12.8. The highest BCUT2D eigenvalue weighted by Crippen LogP contribution is 2.15. The third-order valence-corrected chi connectivity index (χ3v) is 11.6. The Balaban J connectivity index is 4.22. The van der Waals surface area contributed by atoms with E-state index >= 15 is 0 Å². The second kappa shape index (κ2) is 51.6. The van der Waals surface area contributed by atoms with E-state index in [0.717, 1.165) is 96.3 Å². The number of nitrogens with zero attached hydrogens (tertiary/aromatic N) is 1. The summed E-state index contributed by atoms with van der Waals surface area (Å²) in [5.41, 5.74) is 0. The Morgan fingerprint density at radius 3 is 1.21 bits per heavy atom. The number of unbranched alkanes of at least 4 members (excludes halogenated alkanes) is 19. The van der Waals surface area contributed by atoms with Crippen molar-refractivity contribution in [1.82, 2.24) is 0 Å². The zero-order valence-electron chi connectivity index (χ0n) is 45.4. The molecule has 400 valence electrons. The van der Waals surface area contributed by atoms with Crippen LogP contribution in [0.1, 0.15) is 213 Å². The van der Waals surface area contributed by atoms with Crippen LogP contribution in [0.5, 0.6) is 0 Å². The van der Waals surface area contributed by atoms with Gasteiger partial charge in [0, 0.05) is 12.8 Å². The first-order chi connectivity index (χ1) is 34.1. The van der Waals surface area contributed by atoms with E-state index in [9.17, 15) is 19.5 Å². The highest BCUT2D eigenvalue weighted by atomic mass is 16.7. The van der Waals surface area contributed by atoms with Crippen LogP contribution in [0.25, 0.3) is 0 Å². The predicted molar refractivity (Wildman–Crippen MR) is 292 cm³/mol. The molecule has 0 radical (unpaired) electrons. The van der Waals surface area contributed by atoms with Crippen molar-refractivity contribution in [3.05, 3.63) is 97.2 Å². The molecule has 0 N–H and O–H groups in total. The number of carboxylic acids is 1. The summed E-state index contributed by atoms with van der Waals surface area (Å²) in [6.07, 6.45) is 66.0. The van der Waals surface area contributed by atoms with Crippen molar-refractivity contribution in [2.75, 3.05) is 47.5 Å². The van der Waals surface area contributed by atoms with Gasteiger partial charge in [0.1, 0.15) is 13.2 Å². The van der Waals surface area contributed by atoms with Crippen LogP contribution in [-0.2, 0) is 33.3 Å². The van der Waals surface area contributed by atoms with E-state index in [1.807, 2.05) is 21.1 Å². The SMILES string of the molecule is CC/C=C\C/C=C\C/C=C\C/C=C\C/C=C\C/C=C\C/C=C\C/C=C\CCCCCCCCCCC(=O)OC(COC(=O)CCCCCCCCCCCCCC)COC(OCC[N+](C)(C)C)C(=O)[O-]. The first-order valence-corrected chi connectivity index (χ1v) is 27.9. The maximum absolute atomic E-state index is 12.8. The minimum Gasteiger partial charge on any atom is -0.545 e. The van der Waals surface area contributed by atoms with Gasteiger partial charge in [0.05, 0.1) is 40.3 Å². The molecule has 9 nitrogen and oxygen atoms in total. The molecule has 0 aromatic heterocycles. The molecule has 70 heavy (non-hydrogen) atoms. The van der Waals surface area contributed by atoms with Gasteiger partial charge in [-0.15, -0.1) is 0 Å². The van der Waals surface area contributed by atoms with Crippen LogP contribution in [0.3, 0.4) is 0 Å². The van der Waals surface area contributed by atoms with E-state index in [1.54, 1.807) is 0 Å². The predicted octanol–water partition coefficient (Wildman–Crippen LogP) is 14.8. The molecule has 0 fully saturated rings. The van der Waals surface area contributed by atoms with Gasteiger partial charge in [0.25, 0.3) is 0 Å². The van der Waals surface area contributed by atoms with Crippen molar-refractivity contribution in [2.24, 2.45) is 0 Å². The topological polar surface area (TPSA) is 111 Å². The second-order valence-corrected chi connectivity index (χ2v) is 19.5. The number of carboxylic acid groups (broad SMARTS) is 1. The lowest BCUT2D eigenvalue weighted by Crippen LogP contribution is -2.44.